The predicted molar refractivity (Wildman–Crippen MR) is 129 cm³/mol. The van der Waals surface area contributed by atoms with Crippen LogP contribution in [0.15, 0.2) is 41.1 Å². The Bertz CT molecular complexity index is 1160. The first kappa shape index (κ1) is 22.6. The van der Waals surface area contributed by atoms with Crippen LogP contribution in [0.25, 0.3) is 11.3 Å². The summed E-state index contributed by atoms with van der Waals surface area (Å²) in [7, 11) is 1.65. The number of aromatic nitrogens is 2. The lowest BCUT2D eigenvalue weighted by Gasteiger charge is -2.23. The maximum absolute atomic E-state index is 12.8. The molecule has 1 aliphatic heterocycles. The Kier molecular flexibility index (Phi) is 6.46. The molecular formula is C23H24BrClN4O3. The summed E-state index contributed by atoms with van der Waals surface area (Å²) >= 11 is 9.82. The summed E-state index contributed by atoms with van der Waals surface area (Å²) in [6.07, 6.45) is 4.06. The normalized spacial score (nSPS) is 13.5. The Balaban J connectivity index is 1.82. The van der Waals surface area contributed by atoms with Gasteiger partial charge in [-0.3, -0.25) is 9.78 Å². The van der Waals surface area contributed by atoms with E-state index in [1.165, 1.54) is 0 Å². The zero-order chi connectivity index (χ0) is 22.9. The summed E-state index contributed by atoms with van der Waals surface area (Å²) in [6, 6.07) is 7.40. The van der Waals surface area contributed by atoms with Gasteiger partial charge in [0.15, 0.2) is 0 Å². The van der Waals surface area contributed by atoms with Gasteiger partial charge in [-0.1, -0.05) is 17.7 Å². The fourth-order valence-electron chi connectivity index (χ4n) is 3.45. The molecule has 168 valence electrons. The van der Waals surface area contributed by atoms with Gasteiger partial charge in [0.1, 0.15) is 12.4 Å². The zero-order valence-corrected chi connectivity index (χ0v) is 20.4. The molecule has 0 aliphatic carbocycles. The molecule has 4 rings (SSSR count). The molecule has 1 amide bonds. The highest BCUT2D eigenvalue weighted by Crippen LogP contribution is 2.42. The molecule has 3 N–H and O–H groups in total. The van der Waals surface area contributed by atoms with Gasteiger partial charge in [0.05, 0.1) is 43.9 Å². The third-order valence-corrected chi connectivity index (χ3v) is 6.76. The van der Waals surface area contributed by atoms with Crippen LogP contribution in [0, 0.1) is 0 Å². The predicted octanol–water partition coefficient (Wildman–Crippen LogP) is 5.33. The number of anilines is 2. The molecule has 0 saturated carbocycles. The number of carbonyl (C=O) groups is 1. The van der Waals surface area contributed by atoms with E-state index in [1.807, 2.05) is 32.0 Å². The average Bonchev–Trinajstić information content (AvgIpc) is 3.15. The summed E-state index contributed by atoms with van der Waals surface area (Å²) in [4.78, 5) is 20.5. The van der Waals surface area contributed by atoms with E-state index in [4.69, 9.17) is 21.1 Å². The summed E-state index contributed by atoms with van der Waals surface area (Å²) in [5.41, 5.74) is 3.91. The molecule has 7 nitrogen and oxygen atoms in total. The third kappa shape index (κ3) is 4.48. The van der Waals surface area contributed by atoms with Gasteiger partial charge in [0.2, 0.25) is 0 Å². The zero-order valence-electron chi connectivity index (χ0n) is 18.0. The van der Waals surface area contributed by atoms with Crippen LogP contribution in [-0.2, 0) is 11.2 Å². The number of hydrogen-bond donors (Lipinski definition) is 3. The molecular weight excluding hydrogens is 496 g/mol. The minimum atomic E-state index is -0.464. The van der Waals surface area contributed by atoms with Crippen LogP contribution in [0.4, 0.5) is 11.4 Å². The highest BCUT2D eigenvalue weighted by Gasteiger charge is 2.29. The van der Waals surface area contributed by atoms with Crippen molar-refractivity contribution in [1.29, 1.82) is 0 Å². The number of aromatic amines is 1. The molecule has 3 aromatic rings. The smallest absolute Gasteiger partial charge is 0.255 e. The van der Waals surface area contributed by atoms with Gasteiger partial charge in [-0.2, -0.15) is 0 Å². The van der Waals surface area contributed by atoms with Crippen LogP contribution in [-0.4, -0.2) is 41.7 Å². The summed E-state index contributed by atoms with van der Waals surface area (Å²) in [5.74, 6) is 0.455. The molecule has 0 spiro atoms. The summed E-state index contributed by atoms with van der Waals surface area (Å²) < 4.78 is 12.3. The quantitative estimate of drug-likeness (QED) is 0.393. The van der Waals surface area contributed by atoms with Crippen LogP contribution < -0.4 is 15.4 Å². The number of ether oxygens (including phenoxy) is 2. The van der Waals surface area contributed by atoms with E-state index >= 15 is 0 Å². The van der Waals surface area contributed by atoms with Crippen molar-refractivity contribution in [2.24, 2.45) is 0 Å². The number of amides is 1. The second kappa shape index (κ2) is 9.13. The van der Waals surface area contributed by atoms with Crippen molar-refractivity contribution in [3.8, 4) is 17.0 Å². The fraction of sp³-hybridized carbons (Fsp3) is 0.304. The largest absolute Gasteiger partial charge is 0.488 e. The SMILES string of the molecule is COC(C)(C)COc1cnccc1-c1[nH]c2c(c1Nc1cccc(Cl)c1Br)C(=O)NCC2. The molecule has 0 radical (unpaired) electrons. The molecule has 1 aromatic carbocycles. The van der Waals surface area contributed by atoms with Crippen LogP contribution in [0.3, 0.4) is 0 Å². The lowest BCUT2D eigenvalue weighted by Crippen LogP contribution is -2.31. The lowest BCUT2D eigenvalue weighted by molar-refractivity contribution is -0.0146. The van der Waals surface area contributed by atoms with Crippen molar-refractivity contribution < 1.29 is 14.3 Å². The topological polar surface area (TPSA) is 88.3 Å². The van der Waals surface area contributed by atoms with Crippen LogP contribution in [0.5, 0.6) is 5.75 Å². The Morgan fingerprint density at radius 3 is 2.91 bits per heavy atom. The number of hydrogen-bond acceptors (Lipinski definition) is 5. The number of benzene rings is 1. The van der Waals surface area contributed by atoms with Crippen molar-refractivity contribution in [2.75, 3.05) is 25.6 Å². The first-order valence-corrected chi connectivity index (χ1v) is 11.3. The Hall–Kier alpha value is -2.55. The highest BCUT2D eigenvalue weighted by atomic mass is 79.9. The van der Waals surface area contributed by atoms with Gasteiger partial charge in [-0.25, -0.2) is 0 Å². The minimum absolute atomic E-state index is 0.133. The van der Waals surface area contributed by atoms with E-state index in [9.17, 15) is 4.79 Å². The number of H-pyrrole nitrogens is 1. The molecule has 9 heteroatoms. The summed E-state index contributed by atoms with van der Waals surface area (Å²) in [6.45, 7) is 4.81. The van der Waals surface area contributed by atoms with Crippen LogP contribution in [0.1, 0.15) is 29.9 Å². The van der Waals surface area contributed by atoms with Crippen molar-refractivity contribution in [1.82, 2.24) is 15.3 Å². The van der Waals surface area contributed by atoms with E-state index in [0.717, 1.165) is 22.6 Å². The first-order chi connectivity index (χ1) is 15.3. The second-order valence-corrected chi connectivity index (χ2v) is 9.29. The lowest BCUT2D eigenvalue weighted by atomic mass is 10.0. The van der Waals surface area contributed by atoms with Crippen molar-refractivity contribution in [2.45, 2.75) is 25.9 Å². The van der Waals surface area contributed by atoms with Gasteiger partial charge < -0.3 is 25.1 Å². The molecule has 0 saturated heterocycles. The third-order valence-electron chi connectivity index (χ3n) is 5.36. The van der Waals surface area contributed by atoms with E-state index < -0.39 is 5.60 Å². The molecule has 3 heterocycles. The number of fused-ring (bicyclic) bond motifs is 1. The highest BCUT2D eigenvalue weighted by molar-refractivity contribution is 9.10. The van der Waals surface area contributed by atoms with Gasteiger partial charge in [-0.05, 0) is 48.0 Å². The van der Waals surface area contributed by atoms with Gasteiger partial charge in [-0.15, -0.1) is 0 Å². The number of methoxy groups -OCH3 is 1. The minimum Gasteiger partial charge on any atom is -0.488 e. The number of nitrogens with zero attached hydrogens (tertiary/aromatic N) is 1. The fourth-order valence-corrected chi connectivity index (χ4v) is 3.99. The number of halogens is 2. The van der Waals surface area contributed by atoms with E-state index in [1.54, 1.807) is 25.6 Å². The number of rotatable bonds is 7. The first-order valence-electron chi connectivity index (χ1n) is 10.2. The van der Waals surface area contributed by atoms with E-state index in [2.05, 4.69) is 36.5 Å². The standard InChI is InChI=1S/C23H24BrClN4O3/c1-23(2,31-3)12-32-17-11-26-9-7-13(17)20-21(18-15(28-20)8-10-27-22(18)30)29-16-6-4-5-14(25)19(16)24/h4-7,9,11,28-29H,8,10,12H2,1-3H3,(H,27,30). The van der Waals surface area contributed by atoms with E-state index in [-0.39, 0.29) is 5.91 Å². The molecule has 0 bridgehead atoms. The Morgan fingerprint density at radius 2 is 2.12 bits per heavy atom. The summed E-state index contributed by atoms with van der Waals surface area (Å²) in [5, 5.41) is 6.90. The number of nitrogens with one attached hydrogen (secondary N) is 3. The monoisotopic (exact) mass is 518 g/mol. The molecule has 1 aliphatic rings. The average molecular weight is 520 g/mol. The van der Waals surface area contributed by atoms with Gasteiger partial charge in [0.25, 0.3) is 5.91 Å². The number of pyridine rings is 1. The second-order valence-electron chi connectivity index (χ2n) is 8.09. The van der Waals surface area contributed by atoms with Crippen molar-refractivity contribution in [3.05, 3.63) is 57.4 Å². The van der Waals surface area contributed by atoms with Crippen molar-refractivity contribution >= 4 is 44.8 Å². The number of carbonyl (C=O) groups excluding carboxylic acids is 1. The Labute approximate surface area is 200 Å². The van der Waals surface area contributed by atoms with Crippen LogP contribution in [0.2, 0.25) is 5.02 Å². The molecule has 0 unspecified atom stereocenters. The van der Waals surface area contributed by atoms with Crippen molar-refractivity contribution in [3.63, 3.8) is 0 Å². The van der Waals surface area contributed by atoms with Crippen LogP contribution >= 0.6 is 27.5 Å². The van der Waals surface area contributed by atoms with Gasteiger partial charge >= 0.3 is 0 Å². The maximum atomic E-state index is 12.8. The molecule has 32 heavy (non-hydrogen) atoms. The van der Waals surface area contributed by atoms with Gasteiger partial charge in [0, 0.05) is 37.5 Å². The molecule has 0 atom stereocenters. The van der Waals surface area contributed by atoms with E-state index in [0.29, 0.717) is 46.1 Å². The Morgan fingerprint density at radius 1 is 1.31 bits per heavy atom. The molecule has 2 aromatic heterocycles. The maximum Gasteiger partial charge on any atom is 0.255 e. The molecule has 0 fully saturated rings.